The molecule has 24 heavy (non-hydrogen) atoms. The average molecular weight is 343 g/mol. The highest BCUT2D eigenvalue weighted by atomic mass is 32.2. The van der Waals surface area contributed by atoms with Crippen molar-refractivity contribution in [3.05, 3.63) is 65.2 Å². The third kappa shape index (κ3) is 3.61. The Morgan fingerprint density at radius 3 is 2.62 bits per heavy atom. The minimum absolute atomic E-state index is 0.127. The van der Waals surface area contributed by atoms with E-state index >= 15 is 0 Å². The number of aryl methyl sites for hydroxylation is 1. The van der Waals surface area contributed by atoms with Crippen LogP contribution in [0.2, 0.25) is 0 Å². The SMILES string of the molecule is C[C@H](NC[C@@]1(O)CCCc2ccccc21)c1ccc([S@](C)=O)cc1. The van der Waals surface area contributed by atoms with E-state index in [9.17, 15) is 9.32 Å². The van der Waals surface area contributed by atoms with Crippen LogP contribution in [0.3, 0.4) is 0 Å². The lowest BCUT2D eigenvalue weighted by molar-refractivity contribution is 0.0170. The second-order valence-electron chi connectivity index (χ2n) is 6.67. The Labute approximate surface area is 146 Å². The van der Waals surface area contributed by atoms with Crippen LogP contribution >= 0.6 is 0 Å². The van der Waals surface area contributed by atoms with Crippen LogP contribution in [-0.4, -0.2) is 22.1 Å². The number of benzene rings is 2. The van der Waals surface area contributed by atoms with Gasteiger partial charge in [-0.25, -0.2) is 0 Å². The van der Waals surface area contributed by atoms with E-state index in [1.54, 1.807) is 6.26 Å². The predicted molar refractivity (Wildman–Crippen MR) is 98.5 cm³/mol. The van der Waals surface area contributed by atoms with Crippen molar-refractivity contribution in [2.75, 3.05) is 12.8 Å². The number of rotatable bonds is 5. The Hall–Kier alpha value is -1.49. The third-order valence-corrected chi connectivity index (χ3v) is 5.90. The van der Waals surface area contributed by atoms with Gasteiger partial charge in [-0.15, -0.1) is 0 Å². The second-order valence-corrected chi connectivity index (χ2v) is 8.05. The molecule has 0 aromatic heterocycles. The summed E-state index contributed by atoms with van der Waals surface area (Å²) in [5.41, 5.74) is 2.66. The van der Waals surface area contributed by atoms with Gasteiger partial charge in [-0.05, 0) is 55.0 Å². The van der Waals surface area contributed by atoms with Gasteiger partial charge in [-0.3, -0.25) is 4.21 Å². The minimum atomic E-state index is -0.950. The van der Waals surface area contributed by atoms with Crippen LogP contribution in [-0.2, 0) is 22.8 Å². The first-order chi connectivity index (χ1) is 11.5. The van der Waals surface area contributed by atoms with Gasteiger partial charge in [-0.1, -0.05) is 36.4 Å². The molecule has 3 nitrogen and oxygen atoms in total. The molecule has 0 spiro atoms. The van der Waals surface area contributed by atoms with Crippen LogP contribution in [0.1, 0.15) is 42.5 Å². The number of aliphatic hydroxyl groups is 1. The maximum atomic E-state index is 11.5. The molecular weight excluding hydrogens is 318 g/mol. The lowest BCUT2D eigenvalue weighted by Gasteiger charge is -2.35. The van der Waals surface area contributed by atoms with Gasteiger partial charge >= 0.3 is 0 Å². The Bertz CT molecular complexity index is 729. The van der Waals surface area contributed by atoms with Crippen molar-refractivity contribution >= 4 is 10.8 Å². The molecule has 2 N–H and O–H groups in total. The molecule has 1 aliphatic carbocycles. The maximum Gasteiger partial charge on any atom is 0.102 e. The molecule has 4 heteroatoms. The van der Waals surface area contributed by atoms with Crippen molar-refractivity contribution in [3.8, 4) is 0 Å². The largest absolute Gasteiger partial charge is 0.384 e. The van der Waals surface area contributed by atoms with E-state index < -0.39 is 16.4 Å². The maximum absolute atomic E-state index is 11.5. The Morgan fingerprint density at radius 2 is 1.92 bits per heavy atom. The predicted octanol–water partition coefficient (Wildman–Crippen LogP) is 3.30. The fraction of sp³-hybridized carbons (Fsp3) is 0.400. The summed E-state index contributed by atoms with van der Waals surface area (Å²) in [6.45, 7) is 2.63. The summed E-state index contributed by atoms with van der Waals surface area (Å²) < 4.78 is 11.5. The summed E-state index contributed by atoms with van der Waals surface area (Å²) in [5, 5.41) is 14.6. The van der Waals surface area contributed by atoms with Gasteiger partial charge in [0.05, 0.1) is 0 Å². The molecule has 0 fully saturated rings. The fourth-order valence-corrected chi connectivity index (χ4v) is 3.99. The number of fused-ring (bicyclic) bond motifs is 1. The van der Waals surface area contributed by atoms with Crippen LogP contribution in [0.5, 0.6) is 0 Å². The Morgan fingerprint density at radius 1 is 1.21 bits per heavy atom. The van der Waals surface area contributed by atoms with Crippen molar-refractivity contribution < 1.29 is 9.32 Å². The molecule has 0 saturated heterocycles. The van der Waals surface area contributed by atoms with E-state index in [4.69, 9.17) is 0 Å². The second kappa shape index (κ2) is 7.18. The van der Waals surface area contributed by atoms with Crippen molar-refractivity contribution in [3.63, 3.8) is 0 Å². The van der Waals surface area contributed by atoms with Gasteiger partial charge in [0.25, 0.3) is 0 Å². The standard InChI is InChI=1S/C20H25NO2S/c1-15(16-9-11-18(12-10-16)24(2)23)21-14-20(22)13-5-7-17-6-3-4-8-19(17)20/h3-4,6,8-12,15,21-22H,5,7,13-14H2,1-2H3/t15-,20-,24-/m0/s1. The van der Waals surface area contributed by atoms with Gasteiger partial charge in [0, 0.05) is 34.5 Å². The molecular formula is C20H25NO2S. The molecule has 2 aromatic rings. The lowest BCUT2D eigenvalue weighted by Crippen LogP contribution is -2.41. The van der Waals surface area contributed by atoms with Crippen LogP contribution in [0.25, 0.3) is 0 Å². The van der Waals surface area contributed by atoms with E-state index in [0.29, 0.717) is 6.54 Å². The molecule has 128 valence electrons. The van der Waals surface area contributed by atoms with Gasteiger partial charge in [0.1, 0.15) is 5.60 Å². The Balaban J connectivity index is 1.70. The first-order valence-electron chi connectivity index (χ1n) is 8.47. The number of hydrogen-bond acceptors (Lipinski definition) is 3. The number of nitrogens with one attached hydrogen (secondary N) is 1. The summed E-state index contributed by atoms with van der Waals surface area (Å²) in [4.78, 5) is 0.839. The van der Waals surface area contributed by atoms with Crippen LogP contribution in [0.15, 0.2) is 53.4 Å². The molecule has 0 heterocycles. The molecule has 0 amide bonds. The highest BCUT2D eigenvalue weighted by molar-refractivity contribution is 7.84. The van der Waals surface area contributed by atoms with Crippen LogP contribution < -0.4 is 5.32 Å². The zero-order valence-corrected chi connectivity index (χ0v) is 15.1. The van der Waals surface area contributed by atoms with E-state index in [1.165, 1.54) is 5.56 Å². The smallest absolute Gasteiger partial charge is 0.102 e. The Kier molecular flexibility index (Phi) is 5.18. The van der Waals surface area contributed by atoms with E-state index in [1.807, 2.05) is 42.5 Å². The molecule has 1 aliphatic rings. The van der Waals surface area contributed by atoms with Gasteiger partial charge in [0.2, 0.25) is 0 Å². The lowest BCUT2D eigenvalue weighted by atomic mass is 9.79. The topological polar surface area (TPSA) is 49.3 Å². The van der Waals surface area contributed by atoms with Crippen LogP contribution in [0.4, 0.5) is 0 Å². The first kappa shape index (κ1) is 17.3. The summed E-state index contributed by atoms with van der Waals surface area (Å²) >= 11 is 0. The van der Waals surface area contributed by atoms with Crippen LogP contribution in [0, 0.1) is 0 Å². The summed E-state index contributed by atoms with van der Waals surface area (Å²) in [5.74, 6) is 0. The van der Waals surface area contributed by atoms with E-state index in [-0.39, 0.29) is 6.04 Å². The zero-order valence-electron chi connectivity index (χ0n) is 14.3. The molecule has 3 atom stereocenters. The van der Waals surface area contributed by atoms with E-state index in [2.05, 4.69) is 18.3 Å². The van der Waals surface area contributed by atoms with Gasteiger partial charge in [0.15, 0.2) is 0 Å². The third-order valence-electron chi connectivity index (χ3n) is 4.97. The summed E-state index contributed by atoms with van der Waals surface area (Å²) in [6, 6.07) is 16.2. The normalized spacial score (nSPS) is 22.6. The quantitative estimate of drug-likeness (QED) is 0.876. The van der Waals surface area contributed by atoms with Crippen molar-refractivity contribution in [1.82, 2.24) is 5.32 Å². The monoisotopic (exact) mass is 343 g/mol. The van der Waals surface area contributed by atoms with E-state index in [0.717, 1.165) is 35.3 Å². The summed E-state index contributed by atoms with van der Waals surface area (Å²) in [6.07, 6.45) is 4.54. The average Bonchev–Trinajstić information content (AvgIpc) is 2.60. The highest BCUT2D eigenvalue weighted by Gasteiger charge is 2.34. The minimum Gasteiger partial charge on any atom is -0.384 e. The van der Waals surface area contributed by atoms with Crippen molar-refractivity contribution in [2.24, 2.45) is 0 Å². The van der Waals surface area contributed by atoms with Crippen molar-refractivity contribution in [1.29, 1.82) is 0 Å². The van der Waals surface area contributed by atoms with Gasteiger partial charge < -0.3 is 10.4 Å². The summed E-state index contributed by atoms with van der Waals surface area (Å²) in [7, 11) is -0.950. The molecule has 3 rings (SSSR count). The first-order valence-corrected chi connectivity index (χ1v) is 10.0. The zero-order chi connectivity index (χ0) is 17.2. The molecule has 0 bridgehead atoms. The van der Waals surface area contributed by atoms with Crippen molar-refractivity contribution in [2.45, 2.75) is 42.7 Å². The fourth-order valence-electron chi connectivity index (χ4n) is 3.47. The number of hydrogen-bond donors (Lipinski definition) is 2. The molecule has 0 saturated carbocycles. The highest BCUT2D eigenvalue weighted by Crippen LogP contribution is 2.35. The molecule has 2 aromatic carbocycles. The molecule has 0 radical (unpaired) electrons. The van der Waals surface area contributed by atoms with Gasteiger partial charge in [-0.2, -0.15) is 0 Å². The molecule has 0 unspecified atom stereocenters. The molecule has 0 aliphatic heterocycles.